The fourth-order valence-electron chi connectivity index (χ4n) is 2.28. The molecule has 108 valence electrons. The van der Waals surface area contributed by atoms with Gasteiger partial charge in [-0.1, -0.05) is 37.3 Å². The first-order chi connectivity index (χ1) is 10.2. The van der Waals surface area contributed by atoms with Gasteiger partial charge in [0.15, 0.2) is 0 Å². The molecule has 0 saturated carbocycles. The third-order valence-electron chi connectivity index (χ3n) is 3.47. The van der Waals surface area contributed by atoms with Crippen LogP contribution in [0.2, 0.25) is 0 Å². The van der Waals surface area contributed by atoms with E-state index in [9.17, 15) is 9.90 Å². The van der Waals surface area contributed by atoms with E-state index in [4.69, 9.17) is 0 Å². The van der Waals surface area contributed by atoms with Gasteiger partial charge in [0.05, 0.1) is 24.4 Å². The molecule has 5 heteroatoms. The van der Waals surface area contributed by atoms with Crippen LogP contribution in [-0.2, 0) is 13.0 Å². The van der Waals surface area contributed by atoms with Crippen LogP contribution >= 0.6 is 11.3 Å². The first kappa shape index (κ1) is 14.0. The van der Waals surface area contributed by atoms with Crippen LogP contribution in [0, 0.1) is 0 Å². The van der Waals surface area contributed by atoms with Gasteiger partial charge in [0, 0.05) is 4.88 Å². The summed E-state index contributed by atoms with van der Waals surface area (Å²) in [4.78, 5) is 18.7. The van der Waals surface area contributed by atoms with Gasteiger partial charge in [0.25, 0.3) is 5.56 Å². The monoisotopic (exact) mass is 300 g/mol. The summed E-state index contributed by atoms with van der Waals surface area (Å²) >= 11 is 1.55. The Hall–Kier alpha value is -1.98. The molecule has 0 bridgehead atoms. The number of aryl methyl sites for hydroxylation is 1. The molecule has 0 aliphatic carbocycles. The Bertz CT molecular complexity index is 808. The van der Waals surface area contributed by atoms with Gasteiger partial charge in [-0.2, -0.15) is 0 Å². The Morgan fingerprint density at radius 3 is 2.81 bits per heavy atom. The van der Waals surface area contributed by atoms with Gasteiger partial charge >= 0.3 is 0 Å². The molecule has 0 amide bonds. The number of thiophene rings is 1. The first-order valence-corrected chi connectivity index (χ1v) is 7.71. The van der Waals surface area contributed by atoms with Crippen LogP contribution in [-0.4, -0.2) is 14.7 Å². The number of rotatable bonds is 4. The van der Waals surface area contributed by atoms with Crippen molar-refractivity contribution in [3.8, 4) is 0 Å². The van der Waals surface area contributed by atoms with E-state index < -0.39 is 6.10 Å². The highest BCUT2D eigenvalue weighted by atomic mass is 32.1. The third-order valence-corrected chi connectivity index (χ3v) is 4.66. The van der Waals surface area contributed by atoms with E-state index in [0.29, 0.717) is 5.39 Å². The maximum Gasteiger partial charge on any atom is 0.262 e. The number of hydrogen-bond acceptors (Lipinski definition) is 4. The van der Waals surface area contributed by atoms with Gasteiger partial charge in [0.2, 0.25) is 0 Å². The van der Waals surface area contributed by atoms with Crippen LogP contribution in [0.4, 0.5) is 0 Å². The minimum Gasteiger partial charge on any atom is -0.387 e. The van der Waals surface area contributed by atoms with Crippen molar-refractivity contribution in [1.29, 1.82) is 0 Å². The standard InChI is InChI=1S/C16H16N2O2S/c1-2-12-8-13-15(21-12)17-10-18(16(13)20)9-14(19)11-6-4-3-5-7-11/h3-8,10,14,19H,2,9H2,1H3. The van der Waals surface area contributed by atoms with Crippen LogP contribution < -0.4 is 5.56 Å². The van der Waals surface area contributed by atoms with Crippen LogP contribution in [0.25, 0.3) is 10.2 Å². The smallest absolute Gasteiger partial charge is 0.262 e. The van der Waals surface area contributed by atoms with Gasteiger partial charge in [-0.3, -0.25) is 9.36 Å². The SMILES string of the molecule is CCc1cc2c(=O)n(CC(O)c3ccccc3)cnc2s1. The second kappa shape index (κ2) is 5.79. The number of hydrogen-bond donors (Lipinski definition) is 1. The fourth-order valence-corrected chi connectivity index (χ4v) is 3.21. The Labute approximate surface area is 126 Å². The summed E-state index contributed by atoms with van der Waals surface area (Å²) in [6.07, 6.45) is 1.70. The molecule has 0 aliphatic rings. The summed E-state index contributed by atoms with van der Waals surface area (Å²) in [6.45, 7) is 2.27. The third kappa shape index (κ3) is 2.75. The molecule has 0 radical (unpaired) electrons. The number of aliphatic hydroxyl groups excluding tert-OH is 1. The minimum absolute atomic E-state index is 0.0917. The number of fused-ring (bicyclic) bond motifs is 1. The van der Waals surface area contributed by atoms with E-state index in [2.05, 4.69) is 11.9 Å². The highest BCUT2D eigenvalue weighted by molar-refractivity contribution is 7.18. The number of nitrogens with zero attached hydrogens (tertiary/aromatic N) is 2. The number of aliphatic hydroxyl groups is 1. The van der Waals surface area contributed by atoms with E-state index in [1.807, 2.05) is 36.4 Å². The van der Waals surface area contributed by atoms with E-state index in [1.54, 1.807) is 11.3 Å². The molecular formula is C16H16N2O2S. The molecule has 0 aliphatic heterocycles. The quantitative estimate of drug-likeness (QED) is 0.806. The Morgan fingerprint density at radius 2 is 2.10 bits per heavy atom. The lowest BCUT2D eigenvalue weighted by atomic mass is 10.1. The summed E-state index contributed by atoms with van der Waals surface area (Å²) in [7, 11) is 0. The molecular weight excluding hydrogens is 284 g/mol. The van der Waals surface area contributed by atoms with Crippen LogP contribution in [0.1, 0.15) is 23.5 Å². The van der Waals surface area contributed by atoms with Gasteiger partial charge in [0.1, 0.15) is 4.83 Å². The van der Waals surface area contributed by atoms with Crippen molar-refractivity contribution < 1.29 is 5.11 Å². The summed E-state index contributed by atoms with van der Waals surface area (Å²) in [5, 5.41) is 10.9. The summed E-state index contributed by atoms with van der Waals surface area (Å²) in [5.74, 6) is 0. The molecule has 1 unspecified atom stereocenters. The number of aromatic nitrogens is 2. The second-order valence-corrected chi connectivity index (χ2v) is 6.03. The Balaban J connectivity index is 1.94. The van der Waals surface area contributed by atoms with Gasteiger partial charge in [-0.25, -0.2) is 4.98 Å². The van der Waals surface area contributed by atoms with Crippen molar-refractivity contribution in [2.24, 2.45) is 0 Å². The lowest BCUT2D eigenvalue weighted by Gasteiger charge is -2.12. The molecule has 4 nitrogen and oxygen atoms in total. The largest absolute Gasteiger partial charge is 0.387 e. The van der Waals surface area contributed by atoms with Crippen molar-refractivity contribution in [1.82, 2.24) is 9.55 Å². The van der Waals surface area contributed by atoms with Crippen molar-refractivity contribution in [2.45, 2.75) is 26.0 Å². The van der Waals surface area contributed by atoms with Gasteiger partial charge in [-0.05, 0) is 18.1 Å². The lowest BCUT2D eigenvalue weighted by molar-refractivity contribution is 0.155. The molecule has 3 aromatic rings. The van der Waals surface area contributed by atoms with Crippen molar-refractivity contribution in [2.75, 3.05) is 0 Å². The van der Waals surface area contributed by atoms with Gasteiger partial charge < -0.3 is 5.11 Å². The molecule has 21 heavy (non-hydrogen) atoms. The lowest BCUT2D eigenvalue weighted by Crippen LogP contribution is -2.23. The molecule has 3 rings (SSSR count). The zero-order valence-electron chi connectivity index (χ0n) is 11.7. The Kier molecular flexibility index (Phi) is 3.86. The predicted octanol–water partition coefficient (Wildman–Crippen LogP) is 2.75. The maximum atomic E-state index is 12.4. The van der Waals surface area contributed by atoms with Crippen molar-refractivity contribution >= 4 is 21.6 Å². The summed E-state index contributed by atoms with van der Waals surface area (Å²) in [6, 6.07) is 11.2. The van der Waals surface area contributed by atoms with Crippen molar-refractivity contribution in [3.63, 3.8) is 0 Å². The second-order valence-electron chi connectivity index (χ2n) is 4.91. The van der Waals surface area contributed by atoms with E-state index in [-0.39, 0.29) is 12.1 Å². The fraction of sp³-hybridized carbons (Fsp3) is 0.250. The average Bonchev–Trinajstić information content (AvgIpc) is 2.95. The Morgan fingerprint density at radius 1 is 1.33 bits per heavy atom. The normalized spacial score (nSPS) is 12.7. The maximum absolute atomic E-state index is 12.4. The van der Waals surface area contributed by atoms with E-state index >= 15 is 0 Å². The molecule has 1 N–H and O–H groups in total. The number of benzene rings is 1. The zero-order chi connectivity index (χ0) is 14.8. The van der Waals surface area contributed by atoms with Crippen LogP contribution in [0.15, 0.2) is 47.5 Å². The van der Waals surface area contributed by atoms with Crippen LogP contribution in [0.3, 0.4) is 0 Å². The topological polar surface area (TPSA) is 55.1 Å². The molecule has 1 atom stereocenters. The highest BCUT2D eigenvalue weighted by Crippen LogP contribution is 2.21. The molecule has 0 saturated heterocycles. The van der Waals surface area contributed by atoms with E-state index in [0.717, 1.165) is 21.7 Å². The molecule has 1 aromatic carbocycles. The predicted molar refractivity (Wildman–Crippen MR) is 84.7 cm³/mol. The van der Waals surface area contributed by atoms with E-state index in [1.165, 1.54) is 10.9 Å². The molecule has 0 fully saturated rings. The summed E-state index contributed by atoms with van der Waals surface area (Å²) in [5.41, 5.74) is 0.704. The average molecular weight is 300 g/mol. The summed E-state index contributed by atoms with van der Waals surface area (Å²) < 4.78 is 1.48. The van der Waals surface area contributed by atoms with Gasteiger partial charge in [-0.15, -0.1) is 11.3 Å². The minimum atomic E-state index is -0.715. The molecule has 2 heterocycles. The highest BCUT2D eigenvalue weighted by Gasteiger charge is 2.12. The molecule has 0 spiro atoms. The molecule has 2 aromatic heterocycles. The zero-order valence-corrected chi connectivity index (χ0v) is 12.5. The van der Waals surface area contributed by atoms with Crippen molar-refractivity contribution in [3.05, 3.63) is 63.5 Å². The van der Waals surface area contributed by atoms with Crippen LogP contribution in [0.5, 0.6) is 0 Å². The first-order valence-electron chi connectivity index (χ1n) is 6.90.